The van der Waals surface area contributed by atoms with Crippen LogP contribution in [0.3, 0.4) is 0 Å². The van der Waals surface area contributed by atoms with Gasteiger partial charge in [0.1, 0.15) is 0 Å². The molecule has 0 bridgehead atoms. The Balaban J connectivity index is 1.94. The molecule has 1 aliphatic rings. The van der Waals surface area contributed by atoms with Gasteiger partial charge in [-0.05, 0) is 42.3 Å². The molecule has 0 saturated heterocycles. The molecule has 1 aliphatic heterocycles. The lowest BCUT2D eigenvalue weighted by atomic mass is 10.1. The minimum atomic E-state index is -0.196. The maximum absolute atomic E-state index is 13.0. The number of hydrogen-bond acceptors (Lipinski definition) is 2. The van der Waals surface area contributed by atoms with Crippen molar-refractivity contribution in [1.29, 1.82) is 0 Å². The molecule has 108 valence electrons. The summed E-state index contributed by atoms with van der Waals surface area (Å²) in [4.78, 5) is 14.2. The third-order valence-electron chi connectivity index (χ3n) is 3.96. The van der Waals surface area contributed by atoms with Crippen molar-refractivity contribution in [2.45, 2.75) is 17.1 Å². The molecule has 2 aromatic carbocycles. The maximum atomic E-state index is 13.0. The van der Waals surface area contributed by atoms with Gasteiger partial charge in [0, 0.05) is 11.1 Å². The van der Waals surface area contributed by atoms with Gasteiger partial charge in [-0.3, -0.25) is 4.79 Å². The summed E-state index contributed by atoms with van der Waals surface area (Å²) in [7, 11) is 0. The van der Waals surface area contributed by atoms with Gasteiger partial charge in [-0.15, -0.1) is 11.8 Å². The van der Waals surface area contributed by atoms with Crippen LogP contribution in [0.15, 0.2) is 71.8 Å². The van der Waals surface area contributed by atoms with Crippen molar-refractivity contribution in [2.75, 3.05) is 0 Å². The second-order valence-electron chi connectivity index (χ2n) is 5.51. The summed E-state index contributed by atoms with van der Waals surface area (Å²) in [6, 6.07) is 20.2. The highest BCUT2D eigenvalue weighted by Gasteiger charge is 2.30. The fourth-order valence-electron chi connectivity index (χ4n) is 2.87. The number of aryl methyl sites for hydroxylation is 1. The maximum Gasteiger partial charge on any atom is 0.197 e. The molecular weight excluding hydrogens is 290 g/mol. The van der Waals surface area contributed by atoms with E-state index in [2.05, 4.69) is 25.1 Å². The number of aromatic nitrogens is 1. The zero-order valence-electron chi connectivity index (χ0n) is 12.2. The molecule has 0 radical (unpaired) electrons. The van der Waals surface area contributed by atoms with Gasteiger partial charge in [-0.1, -0.05) is 36.4 Å². The largest absolute Gasteiger partial charge is 0.313 e. The molecule has 0 amide bonds. The fraction of sp³-hybridized carbons (Fsp3) is 0.105. The third-order valence-corrected chi connectivity index (χ3v) is 5.26. The van der Waals surface area contributed by atoms with Crippen molar-refractivity contribution in [3.8, 4) is 5.69 Å². The number of hydrogen-bond donors (Lipinski definition) is 0. The van der Waals surface area contributed by atoms with Gasteiger partial charge in [0.25, 0.3) is 0 Å². The standard InChI is InChI=1S/C19H15NOS/c1-13-9-10-15-17(12-13)22-19(14-6-3-2-4-7-14)18(21)16-8-5-11-20(15)16/h2-12,19H,1H3/t19-/m1/s1. The summed E-state index contributed by atoms with van der Waals surface area (Å²) in [6.07, 6.45) is 1.97. The molecule has 0 saturated carbocycles. The first kappa shape index (κ1) is 13.4. The van der Waals surface area contributed by atoms with E-state index in [1.807, 2.05) is 53.2 Å². The molecule has 1 aromatic heterocycles. The van der Waals surface area contributed by atoms with Gasteiger partial charge in [0.2, 0.25) is 0 Å². The summed E-state index contributed by atoms with van der Waals surface area (Å²) < 4.78 is 2.01. The van der Waals surface area contributed by atoms with Crippen molar-refractivity contribution in [3.05, 3.63) is 83.7 Å². The van der Waals surface area contributed by atoms with Gasteiger partial charge >= 0.3 is 0 Å². The van der Waals surface area contributed by atoms with Crippen LogP contribution in [-0.4, -0.2) is 10.4 Å². The van der Waals surface area contributed by atoms with Crippen molar-refractivity contribution < 1.29 is 4.79 Å². The first-order valence-electron chi connectivity index (χ1n) is 7.28. The highest BCUT2D eigenvalue weighted by Crippen LogP contribution is 2.43. The molecule has 0 aliphatic carbocycles. The summed E-state index contributed by atoms with van der Waals surface area (Å²) in [6.45, 7) is 2.08. The minimum Gasteiger partial charge on any atom is -0.313 e. The lowest BCUT2D eigenvalue weighted by molar-refractivity contribution is 0.0984. The van der Waals surface area contributed by atoms with Gasteiger partial charge in [0.15, 0.2) is 5.78 Å². The number of carbonyl (C=O) groups excluding carboxylic acids is 1. The van der Waals surface area contributed by atoms with E-state index in [1.165, 1.54) is 5.56 Å². The van der Waals surface area contributed by atoms with Gasteiger partial charge < -0.3 is 4.57 Å². The monoisotopic (exact) mass is 305 g/mol. The Labute approximate surface area is 133 Å². The average Bonchev–Trinajstić information content (AvgIpc) is 2.98. The number of fused-ring (bicyclic) bond motifs is 3. The Morgan fingerprint density at radius 2 is 1.82 bits per heavy atom. The van der Waals surface area contributed by atoms with Crippen LogP contribution in [0.5, 0.6) is 0 Å². The Hall–Kier alpha value is -2.26. The summed E-state index contributed by atoms with van der Waals surface area (Å²) in [5.74, 6) is 0.162. The lowest BCUT2D eigenvalue weighted by Crippen LogP contribution is -2.11. The lowest BCUT2D eigenvalue weighted by Gasteiger charge is -2.13. The van der Waals surface area contributed by atoms with E-state index in [-0.39, 0.29) is 11.0 Å². The van der Waals surface area contributed by atoms with E-state index in [1.54, 1.807) is 11.8 Å². The van der Waals surface area contributed by atoms with Crippen LogP contribution in [0.1, 0.15) is 26.9 Å². The zero-order valence-corrected chi connectivity index (χ0v) is 13.0. The van der Waals surface area contributed by atoms with Crippen LogP contribution in [0.4, 0.5) is 0 Å². The number of Topliss-reactive ketones (excluding diaryl/α,β-unsaturated/α-hetero) is 1. The van der Waals surface area contributed by atoms with E-state index < -0.39 is 0 Å². The van der Waals surface area contributed by atoms with Gasteiger partial charge in [-0.2, -0.15) is 0 Å². The first-order chi connectivity index (χ1) is 10.7. The predicted octanol–water partition coefficient (Wildman–Crippen LogP) is 4.82. The Kier molecular flexibility index (Phi) is 3.16. The van der Waals surface area contributed by atoms with E-state index in [0.29, 0.717) is 0 Å². The quantitative estimate of drug-likeness (QED) is 0.643. The molecule has 2 heterocycles. The molecule has 3 heteroatoms. The zero-order chi connectivity index (χ0) is 15.1. The second kappa shape index (κ2) is 5.18. The average molecular weight is 305 g/mol. The van der Waals surface area contributed by atoms with Crippen LogP contribution < -0.4 is 0 Å². The molecule has 0 spiro atoms. The normalized spacial score (nSPS) is 16.8. The number of benzene rings is 2. The van der Waals surface area contributed by atoms with E-state index in [0.717, 1.165) is 21.8 Å². The SMILES string of the molecule is Cc1ccc2c(c1)S[C@H](c1ccccc1)C(=O)c1cccn1-2. The highest BCUT2D eigenvalue weighted by atomic mass is 32.2. The smallest absolute Gasteiger partial charge is 0.197 e. The Morgan fingerprint density at radius 3 is 2.64 bits per heavy atom. The van der Waals surface area contributed by atoms with Crippen LogP contribution in [-0.2, 0) is 0 Å². The number of thioether (sulfide) groups is 1. The second-order valence-corrected chi connectivity index (χ2v) is 6.65. The van der Waals surface area contributed by atoms with Crippen molar-refractivity contribution in [3.63, 3.8) is 0 Å². The molecule has 2 nitrogen and oxygen atoms in total. The van der Waals surface area contributed by atoms with Crippen LogP contribution >= 0.6 is 11.8 Å². The van der Waals surface area contributed by atoms with Crippen molar-refractivity contribution >= 4 is 17.5 Å². The first-order valence-corrected chi connectivity index (χ1v) is 8.16. The number of rotatable bonds is 1. The predicted molar refractivity (Wildman–Crippen MR) is 89.9 cm³/mol. The summed E-state index contributed by atoms with van der Waals surface area (Å²) in [5.41, 5.74) is 4.10. The molecular formula is C19H15NOS. The number of ketones is 1. The fourth-order valence-corrected chi connectivity index (χ4v) is 4.18. The summed E-state index contributed by atoms with van der Waals surface area (Å²) in [5, 5.41) is -0.196. The van der Waals surface area contributed by atoms with Crippen LogP contribution in [0, 0.1) is 6.92 Å². The topological polar surface area (TPSA) is 22.0 Å². The van der Waals surface area contributed by atoms with Crippen LogP contribution in [0.25, 0.3) is 5.69 Å². The number of nitrogens with zero attached hydrogens (tertiary/aromatic N) is 1. The highest BCUT2D eigenvalue weighted by molar-refractivity contribution is 8.00. The Bertz CT molecular complexity index is 851. The van der Waals surface area contributed by atoms with Crippen molar-refractivity contribution in [1.82, 2.24) is 4.57 Å². The number of carbonyl (C=O) groups is 1. The molecule has 3 aromatic rings. The Morgan fingerprint density at radius 1 is 1.00 bits per heavy atom. The molecule has 0 fully saturated rings. The van der Waals surface area contributed by atoms with Crippen molar-refractivity contribution in [2.24, 2.45) is 0 Å². The minimum absolute atomic E-state index is 0.162. The van der Waals surface area contributed by atoms with E-state index in [4.69, 9.17) is 0 Å². The molecule has 1 atom stereocenters. The molecule has 4 rings (SSSR count). The van der Waals surface area contributed by atoms with E-state index in [9.17, 15) is 4.79 Å². The summed E-state index contributed by atoms with van der Waals surface area (Å²) >= 11 is 1.64. The van der Waals surface area contributed by atoms with E-state index >= 15 is 0 Å². The molecule has 22 heavy (non-hydrogen) atoms. The third kappa shape index (κ3) is 2.09. The molecule has 0 unspecified atom stereocenters. The van der Waals surface area contributed by atoms with Crippen LogP contribution in [0.2, 0.25) is 0 Å². The van der Waals surface area contributed by atoms with Gasteiger partial charge in [0.05, 0.1) is 16.6 Å². The molecule has 0 N–H and O–H groups in total. The van der Waals surface area contributed by atoms with Gasteiger partial charge in [-0.25, -0.2) is 0 Å².